The fourth-order valence-electron chi connectivity index (χ4n) is 2.44. The first kappa shape index (κ1) is 25.5. The molecule has 0 saturated heterocycles. The summed E-state index contributed by atoms with van der Waals surface area (Å²) in [6.45, 7) is 2.20. The number of hydrogen-bond acceptors (Lipinski definition) is 5. The number of unbranched alkanes of at least 4 members (excludes halogenated alkanes) is 6. The molecule has 6 N–H and O–H groups in total. The Kier molecular flexibility index (Phi) is 11.7. The highest BCUT2D eigenvalue weighted by Crippen LogP contribution is 2.20. The zero-order valence-corrected chi connectivity index (χ0v) is 16.7. The van der Waals surface area contributed by atoms with Crippen molar-refractivity contribution < 1.29 is 32.5 Å². The maximum Gasteiger partial charge on any atom is 0.303 e. The number of carboxylic acids is 1. The minimum Gasteiger partial charge on any atom is -0.481 e. The van der Waals surface area contributed by atoms with Gasteiger partial charge in [0.2, 0.25) is 11.8 Å². The van der Waals surface area contributed by atoms with Crippen molar-refractivity contribution in [2.75, 3.05) is 0 Å². The number of aliphatic carboxylic acids is 1. The molecule has 0 aliphatic heterocycles. The van der Waals surface area contributed by atoms with Gasteiger partial charge in [0.25, 0.3) is 10.1 Å². The van der Waals surface area contributed by atoms with E-state index in [2.05, 4.69) is 6.92 Å². The van der Waals surface area contributed by atoms with Crippen LogP contribution < -0.4 is 11.5 Å². The maximum absolute atomic E-state index is 11.0. The number of nitrogens with two attached hydrogens (primary N) is 2. The molecule has 1 aromatic rings. The van der Waals surface area contributed by atoms with Crippen molar-refractivity contribution >= 4 is 27.9 Å². The highest BCUT2D eigenvalue weighted by Gasteiger charge is 2.25. The molecule has 0 unspecified atom stereocenters. The molecule has 0 spiro atoms. The van der Waals surface area contributed by atoms with Crippen LogP contribution in [0.3, 0.4) is 0 Å². The molecule has 0 saturated carbocycles. The van der Waals surface area contributed by atoms with Crippen LogP contribution in [0.25, 0.3) is 0 Å². The van der Waals surface area contributed by atoms with Crippen LogP contribution in [0.1, 0.15) is 79.0 Å². The third kappa shape index (κ3) is 10.0. The lowest BCUT2D eigenvalue weighted by molar-refractivity contribution is -0.137. The van der Waals surface area contributed by atoms with Crippen LogP contribution in [0, 0.1) is 0 Å². The molecule has 9 nitrogen and oxygen atoms in total. The number of carbonyl (C=O) groups is 3. The number of benzene rings is 1. The van der Waals surface area contributed by atoms with E-state index in [-0.39, 0.29) is 0 Å². The summed E-state index contributed by atoms with van der Waals surface area (Å²) in [6.07, 6.45) is 8.64. The van der Waals surface area contributed by atoms with Gasteiger partial charge in [-0.15, -0.1) is 0 Å². The van der Waals surface area contributed by atoms with E-state index in [1.807, 2.05) is 0 Å². The molecule has 158 valence electrons. The van der Waals surface area contributed by atoms with Gasteiger partial charge in [-0.1, -0.05) is 51.5 Å². The molecule has 0 atom stereocenters. The van der Waals surface area contributed by atoms with Gasteiger partial charge in [0, 0.05) is 6.42 Å². The molecule has 0 heterocycles. The summed E-state index contributed by atoms with van der Waals surface area (Å²) in [7, 11) is -4.76. The third-order valence-corrected chi connectivity index (χ3v) is 4.75. The summed E-state index contributed by atoms with van der Waals surface area (Å²) in [5, 5.41) is 8.35. The van der Waals surface area contributed by atoms with E-state index in [4.69, 9.17) is 21.1 Å². The van der Waals surface area contributed by atoms with Gasteiger partial charge in [-0.25, -0.2) is 0 Å². The van der Waals surface area contributed by atoms with Gasteiger partial charge >= 0.3 is 5.97 Å². The van der Waals surface area contributed by atoms with Gasteiger partial charge in [-0.3, -0.25) is 18.9 Å². The standard InChI is InChI=1S/C10H20O2.C8H8N2O5S/c1-2-3-4-5-6-7-8-9-10(11)12;9-7(11)4-2-1-3-5(8(10)12)6(4)16(13,14)15/h2-9H2,1H3,(H,11,12);1-3H,(H2,9,11)(H2,10,12)(H,13,14,15). The minimum absolute atomic E-state index is 0.341. The van der Waals surface area contributed by atoms with Crippen LogP contribution in [-0.4, -0.2) is 35.9 Å². The van der Waals surface area contributed by atoms with Crippen molar-refractivity contribution in [2.45, 2.75) is 63.2 Å². The molecule has 0 bridgehead atoms. The Morgan fingerprint density at radius 2 is 1.32 bits per heavy atom. The Labute approximate surface area is 164 Å². The van der Waals surface area contributed by atoms with Crippen molar-refractivity contribution in [3.05, 3.63) is 29.3 Å². The van der Waals surface area contributed by atoms with Crippen LogP contribution in [0.4, 0.5) is 0 Å². The number of amides is 2. The largest absolute Gasteiger partial charge is 0.481 e. The summed E-state index contributed by atoms with van der Waals surface area (Å²) in [6, 6.07) is 3.37. The average molecular weight is 416 g/mol. The first-order valence-electron chi connectivity index (χ1n) is 8.94. The summed E-state index contributed by atoms with van der Waals surface area (Å²) < 4.78 is 31.0. The van der Waals surface area contributed by atoms with Crippen LogP contribution in [0.15, 0.2) is 23.1 Å². The Hall–Kier alpha value is -2.46. The SMILES string of the molecule is CCCCCCCCCC(=O)O.NC(=O)c1cccc(C(N)=O)c1S(=O)(=O)O. The van der Waals surface area contributed by atoms with E-state index in [0.717, 1.165) is 25.0 Å². The normalized spacial score (nSPS) is 10.6. The van der Waals surface area contributed by atoms with Gasteiger partial charge in [0.15, 0.2) is 0 Å². The number of hydrogen-bond donors (Lipinski definition) is 4. The molecule has 0 aliphatic rings. The molecule has 2 amide bonds. The predicted octanol–water partition coefficient (Wildman–Crippen LogP) is 2.34. The molecular weight excluding hydrogens is 388 g/mol. The Balaban J connectivity index is 0.000000546. The Bertz CT molecular complexity index is 744. The summed E-state index contributed by atoms with van der Waals surface area (Å²) in [4.78, 5) is 31.1. The second-order valence-corrected chi connectivity index (χ2v) is 7.51. The van der Waals surface area contributed by atoms with Crippen molar-refractivity contribution in [1.82, 2.24) is 0 Å². The van der Waals surface area contributed by atoms with Gasteiger partial charge in [0.05, 0.1) is 11.1 Å². The second-order valence-electron chi connectivity index (χ2n) is 6.15. The lowest BCUT2D eigenvalue weighted by Gasteiger charge is -2.07. The quantitative estimate of drug-likeness (QED) is 0.316. The van der Waals surface area contributed by atoms with Crippen molar-refractivity contribution in [2.24, 2.45) is 11.5 Å². The summed E-state index contributed by atoms with van der Waals surface area (Å²) in [5.41, 5.74) is 8.85. The van der Waals surface area contributed by atoms with Crippen LogP contribution in [-0.2, 0) is 14.9 Å². The molecule has 1 rings (SSSR count). The minimum atomic E-state index is -4.76. The maximum atomic E-state index is 11.0. The van der Waals surface area contributed by atoms with Gasteiger partial charge in [-0.05, 0) is 18.6 Å². The van der Waals surface area contributed by atoms with Crippen molar-refractivity contribution in [3.8, 4) is 0 Å². The highest BCUT2D eigenvalue weighted by atomic mass is 32.2. The van der Waals surface area contributed by atoms with E-state index in [9.17, 15) is 22.8 Å². The molecule has 0 aliphatic carbocycles. The zero-order valence-electron chi connectivity index (χ0n) is 15.9. The third-order valence-electron chi connectivity index (χ3n) is 3.80. The second kappa shape index (κ2) is 12.8. The Morgan fingerprint density at radius 1 is 0.893 bits per heavy atom. The molecule has 0 radical (unpaired) electrons. The topological polar surface area (TPSA) is 178 Å². The highest BCUT2D eigenvalue weighted by molar-refractivity contribution is 7.86. The molecule has 10 heteroatoms. The fraction of sp³-hybridized carbons (Fsp3) is 0.500. The van der Waals surface area contributed by atoms with E-state index in [0.29, 0.717) is 6.42 Å². The average Bonchev–Trinajstić information content (AvgIpc) is 2.59. The lowest BCUT2D eigenvalue weighted by atomic mass is 10.1. The first-order chi connectivity index (χ1) is 13.0. The van der Waals surface area contributed by atoms with E-state index in [1.54, 1.807) is 0 Å². The van der Waals surface area contributed by atoms with Crippen molar-refractivity contribution in [3.63, 3.8) is 0 Å². The van der Waals surface area contributed by atoms with Gasteiger partial charge < -0.3 is 16.6 Å². The molecular formula is C18H28N2O7S. The zero-order chi connectivity index (χ0) is 21.7. The lowest BCUT2D eigenvalue weighted by Crippen LogP contribution is -2.22. The number of carboxylic acid groups (broad SMARTS) is 1. The molecule has 1 aromatic carbocycles. The summed E-state index contributed by atoms with van der Waals surface area (Å²) in [5.74, 6) is -2.84. The Morgan fingerprint density at radius 3 is 1.68 bits per heavy atom. The monoisotopic (exact) mass is 416 g/mol. The van der Waals surface area contributed by atoms with Crippen LogP contribution in [0.2, 0.25) is 0 Å². The van der Waals surface area contributed by atoms with Gasteiger partial charge in [-0.2, -0.15) is 8.42 Å². The van der Waals surface area contributed by atoms with Crippen LogP contribution in [0.5, 0.6) is 0 Å². The fourth-order valence-corrected chi connectivity index (χ4v) is 3.33. The predicted molar refractivity (Wildman–Crippen MR) is 104 cm³/mol. The number of carbonyl (C=O) groups excluding carboxylic acids is 2. The van der Waals surface area contributed by atoms with E-state index in [1.165, 1.54) is 38.2 Å². The summed E-state index contributed by atoms with van der Waals surface area (Å²) >= 11 is 0. The smallest absolute Gasteiger partial charge is 0.303 e. The van der Waals surface area contributed by atoms with Gasteiger partial charge in [0.1, 0.15) is 4.90 Å². The van der Waals surface area contributed by atoms with E-state index < -0.39 is 43.9 Å². The van der Waals surface area contributed by atoms with Crippen LogP contribution >= 0.6 is 0 Å². The first-order valence-corrected chi connectivity index (χ1v) is 10.4. The molecule has 0 aromatic heterocycles. The molecule has 28 heavy (non-hydrogen) atoms. The van der Waals surface area contributed by atoms with E-state index >= 15 is 0 Å². The molecule has 0 fully saturated rings. The number of rotatable bonds is 11. The van der Waals surface area contributed by atoms with Crippen molar-refractivity contribution in [1.29, 1.82) is 0 Å². The number of primary amides is 2.